The molecule has 25 heavy (non-hydrogen) atoms. The highest BCUT2D eigenvalue weighted by Gasteiger charge is 2.32. The predicted octanol–water partition coefficient (Wildman–Crippen LogP) is 2.38. The molecular formula is C16H18F3NO5. The molecule has 0 unspecified atom stereocenters. The van der Waals surface area contributed by atoms with Crippen molar-refractivity contribution in [2.24, 2.45) is 0 Å². The number of methoxy groups -OCH3 is 1. The van der Waals surface area contributed by atoms with Gasteiger partial charge in [-0.15, -0.1) is 13.2 Å². The number of carbonyl (C=O) groups excluding carboxylic acids is 2. The predicted molar refractivity (Wildman–Crippen MR) is 80.0 cm³/mol. The third kappa shape index (κ3) is 5.63. The lowest BCUT2D eigenvalue weighted by molar-refractivity contribution is -0.274. The van der Waals surface area contributed by atoms with Gasteiger partial charge in [0.05, 0.1) is 7.11 Å². The summed E-state index contributed by atoms with van der Waals surface area (Å²) in [6.07, 6.45) is -3.67. The van der Waals surface area contributed by atoms with Gasteiger partial charge in [-0.25, -0.2) is 0 Å². The van der Waals surface area contributed by atoms with E-state index in [-0.39, 0.29) is 18.2 Å². The molecule has 0 N–H and O–H groups in total. The lowest BCUT2D eigenvalue weighted by Crippen LogP contribution is -2.46. The largest absolute Gasteiger partial charge is 0.573 e. The van der Waals surface area contributed by atoms with Gasteiger partial charge in [0.1, 0.15) is 12.3 Å². The van der Waals surface area contributed by atoms with E-state index in [1.807, 2.05) is 0 Å². The summed E-state index contributed by atoms with van der Waals surface area (Å²) >= 11 is 0. The molecule has 0 radical (unpaired) electrons. The summed E-state index contributed by atoms with van der Waals surface area (Å²) in [4.78, 5) is 25.7. The maximum absolute atomic E-state index is 12.7. The zero-order valence-electron chi connectivity index (χ0n) is 13.5. The summed E-state index contributed by atoms with van der Waals surface area (Å²) in [6.45, 7) is 0.697. The minimum atomic E-state index is -4.80. The second kappa shape index (κ2) is 8.19. The van der Waals surface area contributed by atoms with Crippen LogP contribution in [0.1, 0.15) is 23.2 Å². The van der Waals surface area contributed by atoms with Gasteiger partial charge in [-0.3, -0.25) is 9.59 Å². The first-order chi connectivity index (χ1) is 11.8. The first-order valence-electron chi connectivity index (χ1n) is 7.61. The average Bonchev–Trinajstić information content (AvgIpc) is 2.59. The second-order valence-corrected chi connectivity index (χ2v) is 5.42. The number of esters is 1. The number of ether oxygens (including phenoxy) is 3. The van der Waals surface area contributed by atoms with E-state index in [0.717, 1.165) is 12.1 Å². The van der Waals surface area contributed by atoms with E-state index < -0.39 is 24.0 Å². The van der Waals surface area contributed by atoms with E-state index in [0.29, 0.717) is 26.1 Å². The first kappa shape index (κ1) is 19.0. The Kier molecular flexibility index (Phi) is 6.24. The average molecular weight is 361 g/mol. The van der Waals surface area contributed by atoms with Crippen molar-refractivity contribution in [2.75, 3.05) is 26.9 Å². The van der Waals surface area contributed by atoms with Crippen molar-refractivity contribution in [1.82, 2.24) is 4.90 Å². The third-order valence-electron chi connectivity index (χ3n) is 3.75. The number of halogens is 3. The molecule has 1 amide bonds. The smallest absolute Gasteiger partial charge is 0.468 e. The second-order valence-electron chi connectivity index (χ2n) is 5.42. The minimum absolute atomic E-state index is 0.157. The summed E-state index contributed by atoms with van der Waals surface area (Å²) in [5, 5.41) is 0. The van der Waals surface area contributed by atoms with Crippen molar-refractivity contribution in [2.45, 2.75) is 25.2 Å². The topological polar surface area (TPSA) is 65.1 Å². The minimum Gasteiger partial charge on any atom is -0.468 e. The molecule has 1 aromatic carbocycles. The number of benzene rings is 1. The highest BCUT2D eigenvalue weighted by molar-refractivity contribution is 5.96. The van der Waals surface area contributed by atoms with Gasteiger partial charge in [-0.2, -0.15) is 0 Å². The van der Waals surface area contributed by atoms with E-state index >= 15 is 0 Å². The Bertz CT molecular complexity index is 597. The number of hydrogen-bond acceptors (Lipinski definition) is 5. The van der Waals surface area contributed by atoms with Crippen LogP contribution in [0.4, 0.5) is 13.2 Å². The van der Waals surface area contributed by atoms with Gasteiger partial charge in [-0.1, -0.05) is 0 Å². The van der Waals surface area contributed by atoms with Crippen molar-refractivity contribution < 1.29 is 37.0 Å². The number of nitrogens with zero attached hydrogens (tertiary/aromatic N) is 1. The molecule has 0 spiro atoms. The standard InChI is InChI=1S/C16H18F3NO5/c1-23-14(21)10-20(12-6-8-24-9-7-12)15(22)11-2-4-13(5-3-11)25-16(17,18)19/h2-5,12H,6-10H2,1H3. The van der Waals surface area contributed by atoms with Crippen LogP contribution in [0.5, 0.6) is 5.75 Å². The lowest BCUT2D eigenvalue weighted by atomic mass is 10.1. The monoisotopic (exact) mass is 361 g/mol. The number of alkyl halides is 3. The van der Waals surface area contributed by atoms with Crippen LogP contribution in [0.25, 0.3) is 0 Å². The van der Waals surface area contributed by atoms with Crippen molar-refractivity contribution in [3.8, 4) is 5.75 Å². The molecule has 2 rings (SSSR count). The number of carbonyl (C=O) groups is 2. The molecule has 1 saturated heterocycles. The van der Waals surface area contributed by atoms with Crippen LogP contribution in [-0.2, 0) is 14.3 Å². The van der Waals surface area contributed by atoms with Gasteiger partial charge >= 0.3 is 12.3 Å². The first-order valence-corrected chi connectivity index (χ1v) is 7.61. The number of amides is 1. The maximum Gasteiger partial charge on any atom is 0.573 e. The van der Waals surface area contributed by atoms with Crippen molar-refractivity contribution in [3.63, 3.8) is 0 Å². The fraction of sp³-hybridized carbons (Fsp3) is 0.500. The molecule has 0 bridgehead atoms. The van der Waals surface area contributed by atoms with Crippen LogP contribution >= 0.6 is 0 Å². The van der Waals surface area contributed by atoms with Crippen LogP contribution in [0, 0.1) is 0 Å². The van der Waals surface area contributed by atoms with Crippen LogP contribution in [-0.4, -0.2) is 56.0 Å². The van der Waals surface area contributed by atoms with E-state index in [1.165, 1.54) is 24.1 Å². The molecule has 6 nitrogen and oxygen atoms in total. The SMILES string of the molecule is COC(=O)CN(C(=O)c1ccc(OC(F)(F)F)cc1)C1CCOCC1. The molecule has 0 atom stereocenters. The fourth-order valence-electron chi connectivity index (χ4n) is 2.53. The van der Waals surface area contributed by atoms with Crippen molar-refractivity contribution in [3.05, 3.63) is 29.8 Å². The van der Waals surface area contributed by atoms with Gasteiger partial charge < -0.3 is 19.1 Å². The zero-order valence-corrected chi connectivity index (χ0v) is 13.5. The Hall–Kier alpha value is -2.29. The van der Waals surface area contributed by atoms with Crippen LogP contribution < -0.4 is 4.74 Å². The van der Waals surface area contributed by atoms with E-state index in [1.54, 1.807) is 0 Å². The highest BCUT2D eigenvalue weighted by atomic mass is 19.4. The van der Waals surface area contributed by atoms with E-state index in [2.05, 4.69) is 9.47 Å². The van der Waals surface area contributed by atoms with Crippen LogP contribution in [0.3, 0.4) is 0 Å². The normalized spacial score (nSPS) is 15.5. The molecule has 1 aliphatic rings. The molecule has 1 aromatic rings. The molecule has 9 heteroatoms. The molecule has 1 aliphatic heterocycles. The quantitative estimate of drug-likeness (QED) is 0.754. The summed E-state index contributed by atoms with van der Waals surface area (Å²) in [7, 11) is 1.22. The summed E-state index contributed by atoms with van der Waals surface area (Å²) in [6, 6.07) is 4.37. The summed E-state index contributed by atoms with van der Waals surface area (Å²) < 4.78 is 50.2. The molecule has 1 fully saturated rings. The molecule has 0 saturated carbocycles. The van der Waals surface area contributed by atoms with E-state index in [9.17, 15) is 22.8 Å². The van der Waals surface area contributed by atoms with E-state index in [4.69, 9.17) is 4.74 Å². The molecule has 0 aromatic heterocycles. The zero-order chi connectivity index (χ0) is 18.4. The molecule has 0 aliphatic carbocycles. The fourth-order valence-corrected chi connectivity index (χ4v) is 2.53. The summed E-state index contributed by atoms with van der Waals surface area (Å²) in [5.41, 5.74) is 0.157. The van der Waals surface area contributed by atoms with Crippen LogP contribution in [0.2, 0.25) is 0 Å². The van der Waals surface area contributed by atoms with Crippen molar-refractivity contribution in [1.29, 1.82) is 0 Å². The third-order valence-corrected chi connectivity index (χ3v) is 3.75. The molecule has 138 valence electrons. The maximum atomic E-state index is 12.7. The highest BCUT2D eigenvalue weighted by Crippen LogP contribution is 2.24. The van der Waals surface area contributed by atoms with Gasteiger partial charge in [0.2, 0.25) is 0 Å². The number of rotatable bonds is 5. The van der Waals surface area contributed by atoms with Gasteiger partial charge in [0.15, 0.2) is 0 Å². The Morgan fingerprint density at radius 3 is 2.32 bits per heavy atom. The van der Waals surface area contributed by atoms with Crippen molar-refractivity contribution >= 4 is 11.9 Å². The Morgan fingerprint density at radius 2 is 1.80 bits per heavy atom. The van der Waals surface area contributed by atoms with Gasteiger partial charge in [0, 0.05) is 24.8 Å². The Morgan fingerprint density at radius 1 is 1.20 bits per heavy atom. The van der Waals surface area contributed by atoms with Gasteiger partial charge in [0.25, 0.3) is 5.91 Å². The van der Waals surface area contributed by atoms with Crippen LogP contribution in [0.15, 0.2) is 24.3 Å². The molecule has 1 heterocycles. The lowest BCUT2D eigenvalue weighted by Gasteiger charge is -2.33. The summed E-state index contributed by atoms with van der Waals surface area (Å²) in [5.74, 6) is -1.46. The number of hydrogen-bond donors (Lipinski definition) is 0. The Balaban J connectivity index is 2.15. The molecular weight excluding hydrogens is 343 g/mol. The Labute approximate surface area is 142 Å². The van der Waals surface area contributed by atoms with Gasteiger partial charge in [-0.05, 0) is 37.1 Å².